The standard InChI is InChI=1S/C19H21FO7/c20-11-3-1-9(2-4-11)5-10-6-12(22)15(13(23)7-10)19-18(26)17(25)16(24)14(8-21)27-19/h1-4,6-7,14,16-19,21-26H,5,8H2/t14-,16-,17+,18-,19+/m1/s1. The maximum Gasteiger partial charge on any atom is 0.125 e. The second kappa shape index (κ2) is 7.79. The van der Waals surface area contributed by atoms with Gasteiger partial charge in [0, 0.05) is 0 Å². The van der Waals surface area contributed by atoms with Crippen LogP contribution in [0.25, 0.3) is 0 Å². The molecule has 1 aliphatic heterocycles. The molecule has 7 nitrogen and oxygen atoms in total. The molecule has 1 heterocycles. The highest BCUT2D eigenvalue weighted by molar-refractivity contribution is 5.49. The summed E-state index contributed by atoms with van der Waals surface area (Å²) in [5.41, 5.74) is 1.13. The smallest absolute Gasteiger partial charge is 0.125 e. The van der Waals surface area contributed by atoms with Crippen LogP contribution in [-0.2, 0) is 11.2 Å². The van der Waals surface area contributed by atoms with Crippen molar-refractivity contribution in [2.75, 3.05) is 6.61 Å². The second-order valence-electron chi connectivity index (χ2n) is 6.60. The molecule has 1 fully saturated rings. The molecule has 2 aromatic carbocycles. The first-order valence-corrected chi connectivity index (χ1v) is 8.41. The van der Waals surface area contributed by atoms with Crippen LogP contribution in [0.2, 0.25) is 0 Å². The van der Waals surface area contributed by atoms with E-state index in [2.05, 4.69) is 0 Å². The molecule has 6 N–H and O–H groups in total. The van der Waals surface area contributed by atoms with Gasteiger partial charge in [0.2, 0.25) is 0 Å². The zero-order valence-electron chi connectivity index (χ0n) is 14.2. The van der Waals surface area contributed by atoms with Crippen molar-refractivity contribution in [3.63, 3.8) is 0 Å². The Morgan fingerprint density at radius 3 is 2.00 bits per heavy atom. The van der Waals surface area contributed by atoms with Crippen LogP contribution < -0.4 is 0 Å². The van der Waals surface area contributed by atoms with Crippen molar-refractivity contribution in [3.8, 4) is 11.5 Å². The quantitative estimate of drug-likeness (QED) is 0.451. The summed E-state index contributed by atoms with van der Waals surface area (Å²) >= 11 is 0. The number of halogens is 1. The highest BCUT2D eigenvalue weighted by atomic mass is 19.1. The van der Waals surface area contributed by atoms with Gasteiger partial charge in [0.25, 0.3) is 0 Å². The number of benzene rings is 2. The van der Waals surface area contributed by atoms with Crippen LogP contribution in [0.15, 0.2) is 36.4 Å². The molecule has 0 unspecified atom stereocenters. The molecular formula is C19H21FO7. The van der Waals surface area contributed by atoms with Crippen molar-refractivity contribution in [2.24, 2.45) is 0 Å². The average Bonchev–Trinajstić information content (AvgIpc) is 2.63. The van der Waals surface area contributed by atoms with E-state index in [1.165, 1.54) is 24.3 Å². The van der Waals surface area contributed by atoms with Crippen molar-refractivity contribution in [1.82, 2.24) is 0 Å². The molecule has 0 radical (unpaired) electrons. The molecule has 8 heteroatoms. The van der Waals surface area contributed by atoms with E-state index in [4.69, 9.17) is 4.74 Å². The minimum Gasteiger partial charge on any atom is -0.507 e. The van der Waals surface area contributed by atoms with Crippen molar-refractivity contribution in [3.05, 3.63) is 58.9 Å². The SMILES string of the molecule is OC[C@H]1O[C@@H](c2c(O)cc(Cc3ccc(F)cc3)cc2O)[C@H](O)[C@@H](O)[C@@H]1O. The molecule has 0 saturated carbocycles. The summed E-state index contributed by atoms with van der Waals surface area (Å²) < 4.78 is 18.4. The largest absolute Gasteiger partial charge is 0.507 e. The molecule has 0 spiro atoms. The van der Waals surface area contributed by atoms with Crippen molar-refractivity contribution < 1.29 is 39.8 Å². The van der Waals surface area contributed by atoms with E-state index in [1.807, 2.05) is 0 Å². The summed E-state index contributed by atoms with van der Waals surface area (Å²) in [6.45, 7) is -0.619. The van der Waals surface area contributed by atoms with Crippen molar-refractivity contribution in [1.29, 1.82) is 0 Å². The number of phenols is 2. The van der Waals surface area contributed by atoms with Gasteiger partial charge in [-0.25, -0.2) is 4.39 Å². The van der Waals surface area contributed by atoms with Gasteiger partial charge in [0.1, 0.15) is 47.8 Å². The van der Waals surface area contributed by atoms with Crippen LogP contribution in [0.4, 0.5) is 4.39 Å². The number of aliphatic hydroxyl groups is 4. The molecule has 146 valence electrons. The zero-order valence-corrected chi connectivity index (χ0v) is 14.2. The number of rotatable bonds is 4. The van der Waals surface area contributed by atoms with Crippen LogP contribution in [-0.4, -0.2) is 61.7 Å². The van der Waals surface area contributed by atoms with E-state index in [0.717, 1.165) is 5.56 Å². The first kappa shape index (κ1) is 19.5. The normalized spacial score (nSPS) is 28.3. The van der Waals surface area contributed by atoms with Gasteiger partial charge >= 0.3 is 0 Å². The van der Waals surface area contributed by atoms with Crippen LogP contribution in [0.5, 0.6) is 11.5 Å². The lowest BCUT2D eigenvalue weighted by atomic mass is 9.89. The number of aromatic hydroxyl groups is 2. The minimum atomic E-state index is -1.63. The summed E-state index contributed by atoms with van der Waals surface area (Å²) in [4.78, 5) is 0. The van der Waals surface area contributed by atoms with Crippen molar-refractivity contribution >= 4 is 0 Å². The lowest BCUT2D eigenvalue weighted by molar-refractivity contribution is -0.232. The Bertz CT molecular complexity index is 770. The Hall–Kier alpha value is -2.23. The predicted molar refractivity (Wildman–Crippen MR) is 91.7 cm³/mol. The van der Waals surface area contributed by atoms with Gasteiger partial charge in [-0.05, 0) is 41.8 Å². The minimum absolute atomic E-state index is 0.158. The number of hydrogen-bond donors (Lipinski definition) is 6. The van der Waals surface area contributed by atoms with E-state index in [0.29, 0.717) is 12.0 Å². The third kappa shape index (κ3) is 3.90. The fourth-order valence-electron chi connectivity index (χ4n) is 3.25. The van der Waals surface area contributed by atoms with E-state index in [-0.39, 0.29) is 22.9 Å². The zero-order chi connectivity index (χ0) is 19.7. The van der Waals surface area contributed by atoms with Gasteiger partial charge in [0.05, 0.1) is 12.2 Å². The Labute approximate surface area is 154 Å². The Morgan fingerprint density at radius 1 is 0.852 bits per heavy atom. The fraction of sp³-hybridized carbons (Fsp3) is 0.368. The molecular weight excluding hydrogens is 359 g/mol. The Kier molecular flexibility index (Phi) is 5.64. The maximum atomic E-state index is 13.0. The lowest BCUT2D eigenvalue weighted by Gasteiger charge is -2.40. The monoisotopic (exact) mass is 380 g/mol. The Morgan fingerprint density at radius 2 is 1.44 bits per heavy atom. The maximum absolute atomic E-state index is 13.0. The van der Waals surface area contributed by atoms with E-state index < -0.39 is 37.1 Å². The molecule has 2 aromatic rings. The van der Waals surface area contributed by atoms with Crippen LogP contribution in [0.1, 0.15) is 22.8 Å². The van der Waals surface area contributed by atoms with Crippen LogP contribution in [0, 0.1) is 5.82 Å². The molecule has 3 rings (SSSR count). The van der Waals surface area contributed by atoms with Crippen molar-refractivity contribution in [2.45, 2.75) is 36.9 Å². The topological polar surface area (TPSA) is 131 Å². The van der Waals surface area contributed by atoms with Crippen LogP contribution in [0.3, 0.4) is 0 Å². The second-order valence-corrected chi connectivity index (χ2v) is 6.60. The lowest BCUT2D eigenvalue weighted by Crippen LogP contribution is -2.55. The third-order valence-electron chi connectivity index (χ3n) is 4.69. The van der Waals surface area contributed by atoms with Gasteiger partial charge in [-0.2, -0.15) is 0 Å². The van der Waals surface area contributed by atoms with Gasteiger partial charge < -0.3 is 35.4 Å². The van der Waals surface area contributed by atoms with Gasteiger partial charge in [-0.1, -0.05) is 12.1 Å². The summed E-state index contributed by atoms with van der Waals surface area (Å²) in [6.07, 6.45) is -6.98. The number of ether oxygens (including phenoxy) is 1. The summed E-state index contributed by atoms with van der Waals surface area (Å²) in [6, 6.07) is 8.48. The molecule has 1 saturated heterocycles. The highest BCUT2D eigenvalue weighted by Gasteiger charge is 2.45. The molecule has 5 atom stereocenters. The summed E-state index contributed by atoms with van der Waals surface area (Å²) in [5.74, 6) is -1.13. The molecule has 0 aliphatic carbocycles. The first-order chi connectivity index (χ1) is 12.8. The van der Waals surface area contributed by atoms with Gasteiger partial charge in [-0.3, -0.25) is 0 Å². The van der Waals surface area contributed by atoms with E-state index in [9.17, 15) is 35.0 Å². The predicted octanol–water partition coefficient (Wildman–Crippen LogP) is 0.343. The first-order valence-electron chi connectivity index (χ1n) is 8.41. The van der Waals surface area contributed by atoms with Gasteiger partial charge in [0.15, 0.2) is 0 Å². The molecule has 27 heavy (non-hydrogen) atoms. The average molecular weight is 380 g/mol. The van der Waals surface area contributed by atoms with Gasteiger partial charge in [-0.15, -0.1) is 0 Å². The highest BCUT2D eigenvalue weighted by Crippen LogP contribution is 2.42. The molecule has 0 bridgehead atoms. The molecule has 1 aliphatic rings. The third-order valence-corrected chi connectivity index (χ3v) is 4.69. The molecule has 0 aromatic heterocycles. The number of hydrogen-bond acceptors (Lipinski definition) is 7. The Balaban J connectivity index is 1.89. The molecule has 0 amide bonds. The van der Waals surface area contributed by atoms with E-state index in [1.54, 1.807) is 12.1 Å². The van der Waals surface area contributed by atoms with Crippen LogP contribution >= 0.6 is 0 Å². The number of aliphatic hydroxyl groups excluding tert-OH is 4. The number of phenolic OH excluding ortho intramolecular Hbond substituents is 2. The summed E-state index contributed by atoms with van der Waals surface area (Å²) in [7, 11) is 0. The van der Waals surface area contributed by atoms with E-state index >= 15 is 0 Å². The fourth-order valence-corrected chi connectivity index (χ4v) is 3.25. The summed E-state index contributed by atoms with van der Waals surface area (Å²) in [5, 5.41) is 59.9.